The van der Waals surface area contributed by atoms with Crippen LogP contribution in [0.1, 0.15) is 42.5 Å². The predicted molar refractivity (Wildman–Crippen MR) is 84.7 cm³/mol. The number of nitrogens with one attached hydrogen (secondary N) is 1. The van der Waals surface area contributed by atoms with Crippen molar-refractivity contribution in [3.8, 4) is 0 Å². The highest BCUT2D eigenvalue weighted by atomic mass is 16.4. The summed E-state index contributed by atoms with van der Waals surface area (Å²) in [5.41, 5.74) is 3.49. The largest absolute Gasteiger partial charge is 0.480 e. The molecule has 0 aliphatic carbocycles. The number of likely N-dealkylation sites (tertiary alicyclic amines) is 1. The molecule has 1 aromatic carbocycles. The molecule has 2 N–H and O–H groups in total. The van der Waals surface area contributed by atoms with Crippen LogP contribution in [0.15, 0.2) is 18.2 Å². The molecule has 0 radical (unpaired) electrons. The molecule has 0 bridgehead atoms. The topological polar surface area (TPSA) is 69.6 Å². The number of carboxylic acid groups (broad SMARTS) is 1. The predicted octanol–water partition coefficient (Wildman–Crippen LogP) is 2.03. The average molecular weight is 304 g/mol. The molecule has 1 amide bonds. The van der Waals surface area contributed by atoms with Gasteiger partial charge in [-0.15, -0.1) is 0 Å². The maximum Gasteiger partial charge on any atom is 0.320 e. The second-order valence-electron chi connectivity index (χ2n) is 6.10. The Labute approximate surface area is 131 Å². The number of hydrogen-bond acceptors (Lipinski definition) is 3. The summed E-state index contributed by atoms with van der Waals surface area (Å²) in [6.07, 6.45) is 1.45. The Kier molecular flexibility index (Phi) is 5.19. The first-order valence-corrected chi connectivity index (χ1v) is 7.72. The minimum atomic E-state index is -0.840. The van der Waals surface area contributed by atoms with Crippen LogP contribution in [0.5, 0.6) is 0 Å². The van der Waals surface area contributed by atoms with Crippen LogP contribution >= 0.6 is 0 Å². The fourth-order valence-electron chi connectivity index (χ4n) is 2.88. The molecule has 0 spiro atoms. The SMILES string of the molecule is Cc1ccc(C(C)NC(=O)CN2CCC[C@H]2C(=O)O)cc1C. The number of carbonyl (C=O) groups is 2. The molecular formula is C17H24N2O3. The summed E-state index contributed by atoms with van der Waals surface area (Å²) in [6.45, 7) is 6.87. The molecule has 1 unspecified atom stereocenters. The van der Waals surface area contributed by atoms with Crippen LogP contribution in [0.3, 0.4) is 0 Å². The van der Waals surface area contributed by atoms with Crippen molar-refractivity contribution in [1.29, 1.82) is 0 Å². The average Bonchev–Trinajstić information content (AvgIpc) is 2.89. The summed E-state index contributed by atoms with van der Waals surface area (Å²) in [5.74, 6) is -0.966. The molecule has 5 nitrogen and oxygen atoms in total. The molecule has 0 aromatic heterocycles. The van der Waals surface area contributed by atoms with E-state index in [0.717, 1.165) is 12.0 Å². The van der Waals surface area contributed by atoms with Crippen LogP contribution in [0.4, 0.5) is 0 Å². The van der Waals surface area contributed by atoms with Gasteiger partial charge >= 0.3 is 5.97 Å². The third-order valence-corrected chi connectivity index (χ3v) is 4.40. The summed E-state index contributed by atoms with van der Waals surface area (Å²) in [7, 11) is 0. The van der Waals surface area contributed by atoms with E-state index in [1.807, 2.05) is 19.1 Å². The number of benzene rings is 1. The first-order chi connectivity index (χ1) is 10.4. The Morgan fingerprint density at radius 2 is 2.09 bits per heavy atom. The third kappa shape index (κ3) is 3.85. The quantitative estimate of drug-likeness (QED) is 0.873. The van der Waals surface area contributed by atoms with Crippen LogP contribution < -0.4 is 5.32 Å². The van der Waals surface area contributed by atoms with Gasteiger partial charge < -0.3 is 10.4 Å². The molecule has 1 aliphatic heterocycles. The lowest BCUT2D eigenvalue weighted by molar-refractivity contribution is -0.142. The molecule has 1 aromatic rings. The van der Waals surface area contributed by atoms with Crippen molar-refractivity contribution in [1.82, 2.24) is 10.2 Å². The van der Waals surface area contributed by atoms with Crippen LogP contribution in [-0.4, -0.2) is 41.0 Å². The van der Waals surface area contributed by atoms with E-state index in [2.05, 4.69) is 25.2 Å². The number of amides is 1. The van der Waals surface area contributed by atoms with Gasteiger partial charge in [0.05, 0.1) is 12.6 Å². The first-order valence-electron chi connectivity index (χ1n) is 7.72. The highest BCUT2D eigenvalue weighted by Crippen LogP contribution is 2.18. The van der Waals surface area contributed by atoms with E-state index in [9.17, 15) is 9.59 Å². The molecule has 1 aliphatic rings. The van der Waals surface area contributed by atoms with Crippen molar-refractivity contribution < 1.29 is 14.7 Å². The van der Waals surface area contributed by atoms with E-state index in [-0.39, 0.29) is 18.5 Å². The molecule has 22 heavy (non-hydrogen) atoms. The lowest BCUT2D eigenvalue weighted by atomic mass is 10.0. The molecule has 0 saturated carbocycles. The Morgan fingerprint density at radius 3 is 2.73 bits per heavy atom. The Morgan fingerprint density at radius 1 is 1.36 bits per heavy atom. The molecule has 1 heterocycles. The van der Waals surface area contributed by atoms with Crippen molar-refractivity contribution in [2.75, 3.05) is 13.1 Å². The van der Waals surface area contributed by atoms with Crippen molar-refractivity contribution in [2.24, 2.45) is 0 Å². The number of aryl methyl sites for hydroxylation is 2. The normalized spacial score (nSPS) is 19.9. The van der Waals surface area contributed by atoms with Gasteiger partial charge in [-0.3, -0.25) is 14.5 Å². The standard InChI is InChI=1S/C17H24N2O3/c1-11-6-7-14(9-12(11)2)13(3)18-16(20)10-19-8-4-5-15(19)17(21)22/h6-7,9,13,15H,4-5,8,10H2,1-3H3,(H,18,20)(H,21,22)/t13?,15-/m0/s1. The van der Waals surface area contributed by atoms with Gasteiger partial charge in [-0.05, 0) is 56.8 Å². The zero-order valence-corrected chi connectivity index (χ0v) is 13.4. The van der Waals surface area contributed by atoms with Gasteiger partial charge in [-0.1, -0.05) is 18.2 Å². The van der Waals surface area contributed by atoms with Crippen molar-refractivity contribution >= 4 is 11.9 Å². The summed E-state index contributed by atoms with van der Waals surface area (Å²) < 4.78 is 0. The van der Waals surface area contributed by atoms with E-state index >= 15 is 0 Å². The maximum absolute atomic E-state index is 12.2. The smallest absolute Gasteiger partial charge is 0.320 e. The fourth-order valence-corrected chi connectivity index (χ4v) is 2.88. The van der Waals surface area contributed by atoms with Gasteiger partial charge in [-0.25, -0.2) is 0 Å². The molecule has 5 heteroatoms. The number of hydrogen-bond donors (Lipinski definition) is 2. The van der Waals surface area contributed by atoms with E-state index in [0.29, 0.717) is 13.0 Å². The highest BCUT2D eigenvalue weighted by molar-refractivity contribution is 5.80. The lowest BCUT2D eigenvalue weighted by Gasteiger charge is -2.22. The van der Waals surface area contributed by atoms with Crippen LogP contribution in [-0.2, 0) is 9.59 Å². The summed E-state index contributed by atoms with van der Waals surface area (Å²) in [4.78, 5) is 25.0. The van der Waals surface area contributed by atoms with Gasteiger partial charge in [-0.2, -0.15) is 0 Å². The van der Waals surface area contributed by atoms with Gasteiger partial charge in [0.1, 0.15) is 6.04 Å². The monoisotopic (exact) mass is 304 g/mol. The number of carbonyl (C=O) groups excluding carboxylic acids is 1. The number of aliphatic carboxylic acids is 1. The van der Waals surface area contributed by atoms with Crippen LogP contribution in [0.25, 0.3) is 0 Å². The maximum atomic E-state index is 12.2. The second kappa shape index (κ2) is 6.92. The zero-order valence-electron chi connectivity index (χ0n) is 13.4. The molecule has 120 valence electrons. The second-order valence-corrected chi connectivity index (χ2v) is 6.10. The highest BCUT2D eigenvalue weighted by Gasteiger charge is 2.31. The minimum absolute atomic E-state index is 0.0855. The van der Waals surface area contributed by atoms with Crippen molar-refractivity contribution in [2.45, 2.75) is 45.7 Å². The Hall–Kier alpha value is -1.88. The molecule has 2 atom stereocenters. The van der Waals surface area contributed by atoms with Crippen LogP contribution in [0, 0.1) is 13.8 Å². The molecule has 2 rings (SSSR count). The van der Waals surface area contributed by atoms with Gasteiger partial charge in [0.25, 0.3) is 0 Å². The molecule has 1 saturated heterocycles. The molecule has 1 fully saturated rings. The zero-order chi connectivity index (χ0) is 16.3. The first kappa shape index (κ1) is 16.5. The number of carboxylic acids is 1. The van der Waals surface area contributed by atoms with E-state index in [4.69, 9.17) is 5.11 Å². The van der Waals surface area contributed by atoms with Crippen molar-refractivity contribution in [3.63, 3.8) is 0 Å². The third-order valence-electron chi connectivity index (χ3n) is 4.40. The number of rotatable bonds is 5. The summed E-state index contributed by atoms with van der Waals surface area (Å²) in [5, 5.41) is 12.1. The van der Waals surface area contributed by atoms with Gasteiger partial charge in [0, 0.05) is 0 Å². The van der Waals surface area contributed by atoms with Crippen LogP contribution in [0.2, 0.25) is 0 Å². The molecular weight excluding hydrogens is 280 g/mol. The summed E-state index contributed by atoms with van der Waals surface area (Å²) >= 11 is 0. The van der Waals surface area contributed by atoms with Gasteiger partial charge in [0.15, 0.2) is 0 Å². The fraction of sp³-hybridized carbons (Fsp3) is 0.529. The van der Waals surface area contributed by atoms with Gasteiger partial charge in [0.2, 0.25) is 5.91 Å². The van der Waals surface area contributed by atoms with E-state index in [1.54, 1.807) is 4.90 Å². The lowest BCUT2D eigenvalue weighted by Crippen LogP contribution is -2.43. The number of nitrogens with zero attached hydrogens (tertiary/aromatic N) is 1. The Balaban J connectivity index is 1.93. The minimum Gasteiger partial charge on any atom is -0.480 e. The summed E-state index contributed by atoms with van der Waals surface area (Å²) in [6, 6.07) is 5.54. The van der Waals surface area contributed by atoms with E-state index < -0.39 is 12.0 Å². The van der Waals surface area contributed by atoms with Crippen molar-refractivity contribution in [3.05, 3.63) is 34.9 Å². The van der Waals surface area contributed by atoms with E-state index in [1.165, 1.54) is 11.1 Å². The Bertz CT molecular complexity index is 571.